The van der Waals surface area contributed by atoms with Crippen LogP contribution in [0.2, 0.25) is 0 Å². The zero-order valence-electron chi connectivity index (χ0n) is 13.0. The Bertz CT molecular complexity index is 556. The number of hydrogen-bond acceptors (Lipinski definition) is 3. The number of fused-ring (bicyclic) bond motifs is 1. The summed E-state index contributed by atoms with van der Waals surface area (Å²) in [6.07, 6.45) is 8.42. The molecule has 1 heterocycles. The average molecular weight is 316 g/mol. The van der Waals surface area contributed by atoms with Crippen molar-refractivity contribution in [2.75, 3.05) is 30.3 Å². The first-order valence-corrected chi connectivity index (χ1v) is 9.23. The predicted molar refractivity (Wildman–Crippen MR) is 93.6 cm³/mol. The second kappa shape index (κ2) is 7.73. The summed E-state index contributed by atoms with van der Waals surface area (Å²) < 4.78 is 0. The third kappa shape index (κ3) is 4.07. The standard InChI is InChI=1S/C18H24N2OS/c21-18(19-11-10-15-6-2-1-3-7-15)14-20-12-13-22-17-9-5-4-8-16(17)20/h4-6,8-9H,1-3,7,10-14H2,(H,19,21). The number of amides is 1. The van der Waals surface area contributed by atoms with Crippen molar-refractivity contribution in [2.45, 2.75) is 37.0 Å². The molecule has 118 valence electrons. The Hall–Kier alpha value is -1.42. The number of nitrogens with one attached hydrogen (secondary N) is 1. The Morgan fingerprint density at radius 3 is 3.05 bits per heavy atom. The molecule has 1 aliphatic carbocycles. The molecule has 2 aliphatic rings. The number of rotatable bonds is 5. The summed E-state index contributed by atoms with van der Waals surface area (Å²) in [5.41, 5.74) is 2.72. The van der Waals surface area contributed by atoms with Gasteiger partial charge in [-0.25, -0.2) is 0 Å². The Kier molecular flexibility index (Phi) is 5.43. The van der Waals surface area contributed by atoms with Crippen LogP contribution in [0.15, 0.2) is 40.8 Å². The number of thioether (sulfide) groups is 1. The smallest absolute Gasteiger partial charge is 0.239 e. The van der Waals surface area contributed by atoms with Crippen LogP contribution in [0, 0.1) is 0 Å². The number of carbonyl (C=O) groups excluding carboxylic acids is 1. The quantitative estimate of drug-likeness (QED) is 0.842. The van der Waals surface area contributed by atoms with Gasteiger partial charge in [0.15, 0.2) is 0 Å². The minimum Gasteiger partial charge on any atom is -0.360 e. The van der Waals surface area contributed by atoms with Crippen molar-refractivity contribution >= 4 is 23.4 Å². The number of benzene rings is 1. The molecule has 0 saturated heterocycles. The molecule has 0 spiro atoms. The normalized spacial score (nSPS) is 17.6. The minimum absolute atomic E-state index is 0.137. The molecule has 0 atom stereocenters. The van der Waals surface area contributed by atoms with Gasteiger partial charge in [-0.2, -0.15) is 0 Å². The first-order chi connectivity index (χ1) is 10.8. The Morgan fingerprint density at radius 2 is 2.18 bits per heavy atom. The van der Waals surface area contributed by atoms with Crippen LogP contribution in [0.4, 0.5) is 5.69 Å². The van der Waals surface area contributed by atoms with E-state index in [4.69, 9.17) is 0 Å². The Balaban J connectivity index is 1.47. The lowest BCUT2D eigenvalue weighted by atomic mass is 9.97. The van der Waals surface area contributed by atoms with Crippen LogP contribution in [-0.2, 0) is 4.79 Å². The van der Waals surface area contributed by atoms with Crippen LogP contribution in [-0.4, -0.2) is 31.3 Å². The predicted octanol–water partition coefficient (Wildman–Crippen LogP) is 3.61. The van der Waals surface area contributed by atoms with Gasteiger partial charge in [-0.05, 0) is 44.2 Å². The molecule has 3 rings (SSSR count). The summed E-state index contributed by atoms with van der Waals surface area (Å²) in [6.45, 7) is 2.19. The second-order valence-corrected chi connectivity index (χ2v) is 7.08. The molecule has 0 bridgehead atoms. The van der Waals surface area contributed by atoms with Gasteiger partial charge in [-0.1, -0.05) is 23.8 Å². The molecular formula is C18H24N2OS. The molecule has 0 aromatic heterocycles. The van der Waals surface area contributed by atoms with Gasteiger partial charge in [-0.15, -0.1) is 11.8 Å². The van der Waals surface area contributed by atoms with E-state index in [2.05, 4.69) is 34.5 Å². The largest absolute Gasteiger partial charge is 0.360 e. The van der Waals surface area contributed by atoms with Crippen molar-refractivity contribution in [3.8, 4) is 0 Å². The van der Waals surface area contributed by atoms with E-state index in [-0.39, 0.29) is 5.91 Å². The summed E-state index contributed by atoms with van der Waals surface area (Å²) in [6, 6.07) is 8.36. The highest BCUT2D eigenvalue weighted by Crippen LogP contribution is 2.33. The van der Waals surface area contributed by atoms with Gasteiger partial charge < -0.3 is 10.2 Å². The van der Waals surface area contributed by atoms with Crippen LogP contribution in [0.1, 0.15) is 32.1 Å². The van der Waals surface area contributed by atoms with Crippen LogP contribution in [0.5, 0.6) is 0 Å². The molecule has 1 N–H and O–H groups in total. The van der Waals surface area contributed by atoms with Crippen molar-refractivity contribution in [1.82, 2.24) is 5.32 Å². The van der Waals surface area contributed by atoms with E-state index in [1.54, 1.807) is 0 Å². The number of nitrogens with zero attached hydrogens (tertiary/aromatic N) is 1. The molecule has 22 heavy (non-hydrogen) atoms. The molecule has 0 saturated carbocycles. The molecule has 0 radical (unpaired) electrons. The highest BCUT2D eigenvalue weighted by atomic mass is 32.2. The van der Waals surface area contributed by atoms with Crippen molar-refractivity contribution in [3.63, 3.8) is 0 Å². The van der Waals surface area contributed by atoms with Gasteiger partial charge in [0.25, 0.3) is 0 Å². The van der Waals surface area contributed by atoms with Gasteiger partial charge in [0.1, 0.15) is 0 Å². The van der Waals surface area contributed by atoms with Crippen molar-refractivity contribution in [1.29, 1.82) is 0 Å². The molecule has 4 heteroatoms. The lowest BCUT2D eigenvalue weighted by Gasteiger charge is -2.30. The fourth-order valence-electron chi connectivity index (χ4n) is 3.11. The van der Waals surface area contributed by atoms with Crippen LogP contribution < -0.4 is 10.2 Å². The van der Waals surface area contributed by atoms with Gasteiger partial charge in [0.2, 0.25) is 5.91 Å². The van der Waals surface area contributed by atoms with Crippen LogP contribution in [0.3, 0.4) is 0 Å². The zero-order chi connectivity index (χ0) is 15.2. The zero-order valence-corrected chi connectivity index (χ0v) is 13.8. The third-order valence-electron chi connectivity index (χ3n) is 4.31. The van der Waals surface area contributed by atoms with Crippen molar-refractivity contribution < 1.29 is 4.79 Å². The number of carbonyl (C=O) groups is 1. The summed E-state index contributed by atoms with van der Waals surface area (Å²) in [7, 11) is 0. The Morgan fingerprint density at radius 1 is 1.27 bits per heavy atom. The van der Waals surface area contributed by atoms with Gasteiger partial charge in [-0.3, -0.25) is 4.79 Å². The molecule has 1 aliphatic heterocycles. The fraction of sp³-hybridized carbons (Fsp3) is 0.500. The van der Waals surface area contributed by atoms with Crippen molar-refractivity contribution in [2.24, 2.45) is 0 Å². The fourth-order valence-corrected chi connectivity index (χ4v) is 4.17. The van der Waals surface area contributed by atoms with E-state index in [1.807, 2.05) is 17.8 Å². The average Bonchev–Trinajstić information content (AvgIpc) is 2.56. The number of hydrogen-bond donors (Lipinski definition) is 1. The summed E-state index contributed by atoms with van der Waals surface area (Å²) >= 11 is 1.88. The first kappa shape index (κ1) is 15.5. The highest BCUT2D eigenvalue weighted by Gasteiger charge is 2.18. The number of allylic oxidation sites excluding steroid dienone is 1. The van der Waals surface area contributed by atoms with E-state index < -0.39 is 0 Å². The number of anilines is 1. The molecule has 1 aromatic carbocycles. The molecule has 0 fully saturated rings. The summed E-state index contributed by atoms with van der Waals surface area (Å²) in [5, 5.41) is 3.08. The van der Waals surface area contributed by atoms with Gasteiger partial charge >= 0.3 is 0 Å². The van der Waals surface area contributed by atoms with E-state index in [1.165, 1.54) is 41.8 Å². The maximum Gasteiger partial charge on any atom is 0.239 e. The first-order valence-electron chi connectivity index (χ1n) is 8.24. The van der Waals surface area contributed by atoms with Crippen LogP contribution in [0.25, 0.3) is 0 Å². The summed E-state index contributed by atoms with van der Waals surface area (Å²) in [4.78, 5) is 15.7. The van der Waals surface area contributed by atoms with E-state index >= 15 is 0 Å². The molecule has 1 aromatic rings. The number of para-hydroxylation sites is 1. The highest BCUT2D eigenvalue weighted by molar-refractivity contribution is 7.99. The molecule has 1 amide bonds. The SMILES string of the molecule is O=C(CN1CCSc2ccccc21)NCCC1=CCCCC1. The molecule has 3 nitrogen and oxygen atoms in total. The van der Waals surface area contributed by atoms with E-state index in [0.717, 1.165) is 25.3 Å². The Labute approximate surface area is 137 Å². The molecular weight excluding hydrogens is 292 g/mol. The van der Waals surface area contributed by atoms with Gasteiger partial charge in [0, 0.05) is 23.7 Å². The van der Waals surface area contributed by atoms with Gasteiger partial charge in [0.05, 0.1) is 12.2 Å². The topological polar surface area (TPSA) is 32.3 Å². The lowest BCUT2D eigenvalue weighted by Crippen LogP contribution is -2.40. The monoisotopic (exact) mass is 316 g/mol. The lowest BCUT2D eigenvalue weighted by molar-refractivity contribution is -0.119. The maximum atomic E-state index is 12.2. The minimum atomic E-state index is 0.137. The van der Waals surface area contributed by atoms with E-state index in [0.29, 0.717) is 6.54 Å². The maximum absolute atomic E-state index is 12.2. The van der Waals surface area contributed by atoms with Crippen molar-refractivity contribution in [3.05, 3.63) is 35.9 Å². The van der Waals surface area contributed by atoms with Crippen LogP contribution >= 0.6 is 11.8 Å². The van der Waals surface area contributed by atoms with E-state index in [9.17, 15) is 4.79 Å². The third-order valence-corrected chi connectivity index (χ3v) is 5.36. The summed E-state index contributed by atoms with van der Waals surface area (Å²) in [5.74, 6) is 1.19. The second-order valence-electron chi connectivity index (χ2n) is 5.95. The molecule has 0 unspecified atom stereocenters.